The Morgan fingerprint density at radius 3 is 2.48 bits per heavy atom. The molecule has 0 N–H and O–H groups in total. The Bertz CT molecular complexity index is 784. The Morgan fingerprint density at radius 1 is 1.05 bits per heavy atom. The largest absolute Gasteiger partial charge is 0.497 e. The number of nitrogens with zero attached hydrogens (tertiary/aromatic N) is 3. The Morgan fingerprint density at radius 2 is 1.86 bits per heavy atom. The first-order chi connectivity index (χ1) is 10.7. The van der Waals surface area contributed by atoms with E-state index in [1.54, 1.807) is 25.1 Å². The van der Waals surface area contributed by atoms with Crippen LogP contribution in [0.3, 0.4) is 0 Å². The number of hydrogen-bond donors (Lipinski definition) is 0. The van der Waals surface area contributed by atoms with Crippen molar-refractivity contribution in [3.8, 4) is 28.3 Å². The number of benzene rings is 2. The van der Waals surface area contributed by atoms with Crippen molar-refractivity contribution in [2.45, 2.75) is 0 Å². The van der Waals surface area contributed by atoms with Crippen LogP contribution in [0.25, 0.3) is 16.8 Å². The molecule has 0 amide bonds. The van der Waals surface area contributed by atoms with Crippen LogP contribution in [0.4, 0.5) is 0 Å². The maximum absolute atomic E-state index is 7.41. The smallest absolute Gasteiger partial charge is 0.126 e. The minimum absolute atomic E-state index is 0.138. The lowest BCUT2D eigenvalue weighted by Crippen LogP contribution is -1.95. The Kier molecular flexibility index (Phi) is 3.23. The van der Waals surface area contributed by atoms with Crippen molar-refractivity contribution in [2.75, 3.05) is 14.2 Å². The molecule has 5 heteroatoms. The fourth-order valence-corrected chi connectivity index (χ4v) is 2.14. The predicted octanol–water partition coefficient (Wildman–Crippen LogP) is 2.95. The van der Waals surface area contributed by atoms with E-state index in [-0.39, 0.29) is 6.17 Å². The van der Waals surface area contributed by atoms with Gasteiger partial charge in [0.1, 0.15) is 11.5 Å². The zero-order valence-electron chi connectivity index (χ0n) is 12.8. The summed E-state index contributed by atoms with van der Waals surface area (Å²) in [7, 11) is 3.28. The molecule has 1 heterocycles. The average Bonchev–Trinajstić information content (AvgIpc) is 3.01. The Balaban J connectivity index is 1.99. The normalized spacial score (nSPS) is 11.0. The molecule has 0 aliphatic carbocycles. The second-order valence-corrected chi connectivity index (χ2v) is 4.41. The van der Waals surface area contributed by atoms with Gasteiger partial charge in [-0.25, -0.2) is 4.68 Å². The van der Waals surface area contributed by atoms with Crippen molar-refractivity contribution in [1.29, 1.82) is 0 Å². The van der Waals surface area contributed by atoms with Crippen molar-refractivity contribution in [3.63, 3.8) is 0 Å². The van der Waals surface area contributed by atoms with E-state index in [4.69, 9.17) is 10.8 Å². The van der Waals surface area contributed by atoms with Gasteiger partial charge >= 0.3 is 0 Å². The maximum atomic E-state index is 7.41. The standard InChI is InChI=1S/C16H15N3O2/c1-20-14-7-8-16(21-2)15(11-14)12-3-5-13(6-4-12)19-10-9-17-18-19/h3-11H,1-2H3/i9D. The first-order valence-corrected chi connectivity index (χ1v) is 6.43. The van der Waals surface area contributed by atoms with Gasteiger partial charge in [0.05, 0.1) is 33.6 Å². The molecule has 3 rings (SSSR count). The van der Waals surface area contributed by atoms with Gasteiger partial charge < -0.3 is 9.47 Å². The average molecular weight is 282 g/mol. The van der Waals surface area contributed by atoms with Crippen LogP contribution in [-0.4, -0.2) is 29.2 Å². The SMILES string of the molecule is [2H]c1cn(-c2ccc(-c3cc(OC)ccc3OC)cc2)nn1. The van der Waals surface area contributed by atoms with E-state index in [2.05, 4.69) is 10.3 Å². The number of rotatable bonds is 4. The molecule has 0 saturated heterocycles. The molecule has 0 spiro atoms. The van der Waals surface area contributed by atoms with E-state index >= 15 is 0 Å². The fraction of sp³-hybridized carbons (Fsp3) is 0.125. The lowest BCUT2D eigenvalue weighted by Gasteiger charge is -2.11. The topological polar surface area (TPSA) is 49.2 Å². The molecule has 0 saturated carbocycles. The molecule has 0 aliphatic rings. The molecular weight excluding hydrogens is 266 g/mol. The summed E-state index contributed by atoms with van der Waals surface area (Å²) in [6.07, 6.45) is 1.69. The van der Waals surface area contributed by atoms with Crippen LogP contribution in [0.15, 0.2) is 54.8 Å². The van der Waals surface area contributed by atoms with Gasteiger partial charge in [-0.3, -0.25) is 0 Å². The van der Waals surface area contributed by atoms with Gasteiger partial charge in [-0.05, 0) is 35.9 Å². The molecule has 5 nitrogen and oxygen atoms in total. The quantitative estimate of drug-likeness (QED) is 0.738. The van der Waals surface area contributed by atoms with Crippen LogP contribution in [0.1, 0.15) is 1.37 Å². The predicted molar refractivity (Wildman–Crippen MR) is 79.9 cm³/mol. The molecule has 2 aromatic carbocycles. The molecule has 21 heavy (non-hydrogen) atoms. The fourth-order valence-electron chi connectivity index (χ4n) is 2.14. The van der Waals surface area contributed by atoms with E-state index < -0.39 is 0 Å². The van der Waals surface area contributed by atoms with Crippen LogP contribution in [0.2, 0.25) is 0 Å². The number of aromatic nitrogens is 3. The van der Waals surface area contributed by atoms with E-state index in [1.807, 2.05) is 42.5 Å². The van der Waals surface area contributed by atoms with Gasteiger partial charge in [0.25, 0.3) is 0 Å². The lowest BCUT2D eigenvalue weighted by atomic mass is 10.0. The molecule has 0 aliphatic heterocycles. The summed E-state index contributed by atoms with van der Waals surface area (Å²) >= 11 is 0. The Labute approximate surface area is 124 Å². The van der Waals surface area contributed by atoms with Crippen molar-refractivity contribution in [2.24, 2.45) is 0 Å². The molecule has 1 aromatic heterocycles. The third-order valence-electron chi connectivity index (χ3n) is 3.23. The molecule has 0 atom stereocenters. The van der Waals surface area contributed by atoms with Crippen LogP contribution < -0.4 is 9.47 Å². The second-order valence-electron chi connectivity index (χ2n) is 4.41. The highest BCUT2D eigenvalue weighted by molar-refractivity contribution is 5.72. The molecular formula is C16H15N3O2. The van der Waals surface area contributed by atoms with Crippen LogP contribution in [-0.2, 0) is 0 Å². The lowest BCUT2D eigenvalue weighted by molar-refractivity contribution is 0.404. The third kappa shape index (κ3) is 2.58. The summed E-state index contributed by atoms with van der Waals surface area (Å²) in [4.78, 5) is 0. The number of methoxy groups -OCH3 is 2. The summed E-state index contributed by atoms with van der Waals surface area (Å²) < 4.78 is 19.7. The van der Waals surface area contributed by atoms with Gasteiger partial charge in [-0.2, -0.15) is 0 Å². The van der Waals surface area contributed by atoms with E-state index in [1.165, 1.54) is 0 Å². The van der Waals surface area contributed by atoms with Crippen molar-refractivity contribution >= 4 is 0 Å². The molecule has 0 radical (unpaired) electrons. The molecule has 0 unspecified atom stereocenters. The second kappa shape index (κ2) is 5.66. The molecule has 3 aromatic rings. The van der Waals surface area contributed by atoms with Gasteiger partial charge in [-0.1, -0.05) is 17.3 Å². The first-order valence-electron chi connectivity index (χ1n) is 6.93. The summed E-state index contributed by atoms with van der Waals surface area (Å²) in [5.74, 6) is 1.55. The van der Waals surface area contributed by atoms with E-state index in [9.17, 15) is 0 Å². The summed E-state index contributed by atoms with van der Waals surface area (Å²) in [6, 6.07) is 13.5. The highest BCUT2D eigenvalue weighted by atomic mass is 16.5. The summed E-state index contributed by atoms with van der Waals surface area (Å²) in [6.45, 7) is 0. The van der Waals surface area contributed by atoms with Crippen LogP contribution in [0.5, 0.6) is 11.5 Å². The highest BCUT2D eigenvalue weighted by Gasteiger charge is 2.08. The van der Waals surface area contributed by atoms with Crippen molar-refractivity contribution in [1.82, 2.24) is 15.0 Å². The van der Waals surface area contributed by atoms with Gasteiger partial charge in [0, 0.05) is 5.56 Å². The van der Waals surface area contributed by atoms with Gasteiger partial charge in [0.2, 0.25) is 0 Å². The minimum Gasteiger partial charge on any atom is -0.497 e. The molecule has 0 bridgehead atoms. The summed E-state index contributed by atoms with van der Waals surface area (Å²) in [5.41, 5.74) is 2.80. The van der Waals surface area contributed by atoms with Crippen LogP contribution in [0, 0.1) is 0 Å². The molecule has 106 valence electrons. The van der Waals surface area contributed by atoms with Gasteiger partial charge in [-0.15, -0.1) is 5.10 Å². The highest BCUT2D eigenvalue weighted by Crippen LogP contribution is 2.33. The number of ether oxygens (including phenoxy) is 2. The zero-order valence-corrected chi connectivity index (χ0v) is 11.8. The van der Waals surface area contributed by atoms with Crippen molar-refractivity contribution < 1.29 is 10.8 Å². The summed E-state index contributed by atoms with van der Waals surface area (Å²) in [5, 5.41) is 7.55. The minimum atomic E-state index is 0.138. The maximum Gasteiger partial charge on any atom is 0.126 e. The first kappa shape index (κ1) is 12.0. The third-order valence-corrected chi connectivity index (χ3v) is 3.23. The number of hydrogen-bond acceptors (Lipinski definition) is 4. The van der Waals surface area contributed by atoms with E-state index in [0.29, 0.717) is 0 Å². The molecule has 0 fully saturated rings. The van der Waals surface area contributed by atoms with Gasteiger partial charge in [0.15, 0.2) is 0 Å². The van der Waals surface area contributed by atoms with Crippen molar-refractivity contribution in [3.05, 3.63) is 54.8 Å². The monoisotopic (exact) mass is 282 g/mol. The zero-order chi connectivity index (χ0) is 15.5. The van der Waals surface area contributed by atoms with E-state index in [0.717, 1.165) is 28.3 Å². The van der Waals surface area contributed by atoms with Crippen LogP contribution >= 0.6 is 0 Å². The Hall–Kier alpha value is -2.82.